The van der Waals surface area contributed by atoms with Crippen molar-refractivity contribution in [2.45, 2.75) is 6.92 Å². The van der Waals surface area contributed by atoms with Crippen LogP contribution < -0.4 is 15.4 Å². The van der Waals surface area contributed by atoms with Crippen LogP contribution in [-0.4, -0.2) is 28.7 Å². The van der Waals surface area contributed by atoms with Crippen LogP contribution in [0, 0.1) is 6.92 Å². The van der Waals surface area contributed by atoms with Crippen molar-refractivity contribution < 1.29 is 19.4 Å². The molecule has 6 nitrogen and oxygen atoms in total. The summed E-state index contributed by atoms with van der Waals surface area (Å²) in [6.07, 6.45) is 0. The normalized spacial score (nSPS) is 10.0. The molecular weight excluding hydrogens is 364 g/mol. The highest BCUT2D eigenvalue weighted by Gasteiger charge is 2.09. The van der Waals surface area contributed by atoms with Gasteiger partial charge < -0.3 is 15.2 Å². The zero-order valence-corrected chi connectivity index (χ0v) is 14.8. The first kappa shape index (κ1) is 18.7. The van der Waals surface area contributed by atoms with Crippen molar-refractivity contribution in [3.05, 3.63) is 58.6 Å². The highest BCUT2D eigenvalue weighted by Crippen LogP contribution is 2.21. The Labute approximate surface area is 154 Å². The second-order valence-electron chi connectivity index (χ2n) is 5.09. The van der Waals surface area contributed by atoms with Gasteiger partial charge >= 0.3 is 5.97 Å². The lowest BCUT2D eigenvalue weighted by Gasteiger charge is -2.12. The summed E-state index contributed by atoms with van der Waals surface area (Å²) < 4.78 is 5.42. The topological polar surface area (TPSA) is 87.7 Å². The van der Waals surface area contributed by atoms with Gasteiger partial charge in [0.25, 0.3) is 5.91 Å². The summed E-state index contributed by atoms with van der Waals surface area (Å²) in [6, 6.07) is 11.2. The maximum Gasteiger partial charge on any atom is 0.335 e. The predicted molar refractivity (Wildman–Crippen MR) is 99.4 cm³/mol. The van der Waals surface area contributed by atoms with Gasteiger partial charge in [-0.05, 0) is 61.1 Å². The number of hydrogen-bond acceptors (Lipinski definition) is 4. The predicted octanol–water partition coefficient (Wildman–Crippen LogP) is 3.24. The minimum absolute atomic E-state index is 0.0453. The standard InChI is InChI=1S/C17H15ClN2O4S/c1-10-7-12(18)5-6-14(10)24-9-15(21)20-17(25)19-13-4-2-3-11(8-13)16(22)23/h2-8H,9H2,1H3,(H,22,23)(H2,19,20,21,25). The minimum Gasteiger partial charge on any atom is -0.483 e. The van der Waals surface area contributed by atoms with Crippen LogP contribution in [0.15, 0.2) is 42.5 Å². The first-order valence-corrected chi connectivity index (χ1v) is 7.97. The van der Waals surface area contributed by atoms with Crippen molar-refractivity contribution in [1.82, 2.24) is 5.32 Å². The number of amides is 1. The van der Waals surface area contributed by atoms with E-state index in [9.17, 15) is 9.59 Å². The largest absolute Gasteiger partial charge is 0.483 e. The molecule has 25 heavy (non-hydrogen) atoms. The molecule has 1 amide bonds. The molecule has 0 aliphatic rings. The summed E-state index contributed by atoms with van der Waals surface area (Å²) >= 11 is 10.9. The molecule has 0 aliphatic carbocycles. The summed E-state index contributed by atoms with van der Waals surface area (Å²) in [4.78, 5) is 22.8. The summed E-state index contributed by atoms with van der Waals surface area (Å²) in [7, 11) is 0. The maximum atomic E-state index is 11.9. The minimum atomic E-state index is -1.05. The summed E-state index contributed by atoms with van der Waals surface area (Å²) in [5, 5.41) is 14.8. The van der Waals surface area contributed by atoms with Gasteiger partial charge in [-0.25, -0.2) is 4.79 Å². The van der Waals surface area contributed by atoms with E-state index >= 15 is 0 Å². The average molecular weight is 379 g/mol. The van der Waals surface area contributed by atoms with Crippen LogP contribution in [0.5, 0.6) is 5.75 Å². The lowest BCUT2D eigenvalue weighted by molar-refractivity contribution is -0.121. The molecule has 2 rings (SSSR count). The van der Waals surface area contributed by atoms with Crippen LogP contribution in [0.4, 0.5) is 5.69 Å². The number of carbonyl (C=O) groups excluding carboxylic acids is 1. The lowest BCUT2D eigenvalue weighted by atomic mass is 10.2. The number of aryl methyl sites for hydroxylation is 1. The zero-order valence-electron chi connectivity index (χ0n) is 13.2. The summed E-state index contributed by atoms with van der Waals surface area (Å²) in [5.41, 5.74) is 1.38. The zero-order chi connectivity index (χ0) is 18.4. The number of rotatable bonds is 5. The quantitative estimate of drug-likeness (QED) is 0.692. The van der Waals surface area contributed by atoms with E-state index in [1.54, 1.807) is 30.3 Å². The van der Waals surface area contributed by atoms with Crippen molar-refractivity contribution in [3.8, 4) is 5.75 Å². The molecule has 0 aliphatic heterocycles. The van der Waals surface area contributed by atoms with E-state index in [0.29, 0.717) is 16.5 Å². The third-order valence-electron chi connectivity index (χ3n) is 3.12. The number of carboxylic acid groups (broad SMARTS) is 1. The number of carbonyl (C=O) groups is 2. The Balaban J connectivity index is 1.86. The second-order valence-corrected chi connectivity index (χ2v) is 5.93. The summed E-state index contributed by atoms with van der Waals surface area (Å²) in [5.74, 6) is -0.945. The van der Waals surface area contributed by atoms with E-state index in [1.165, 1.54) is 12.1 Å². The van der Waals surface area contributed by atoms with Gasteiger partial charge in [0.15, 0.2) is 11.7 Å². The third-order valence-corrected chi connectivity index (χ3v) is 3.56. The fourth-order valence-electron chi connectivity index (χ4n) is 1.97. The smallest absolute Gasteiger partial charge is 0.335 e. The molecule has 0 fully saturated rings. The van der Waals surface area contributed by atoms with Crippen LogP contribution in [0.3, 0.4) is 0 Å². The fourth-order valence-corrected chi connectivity index (χ4v) is 2.43. The van der Waals surface area contributed by atoms with E-state index in [2.05, 4.69) is 10.6 Å². The van der Waals surface area contributed by atoms with Crippen LogP contribution in [0.25, 0.3) is 0 Å². The average Bonchev–Trinajstić information content (AvgIpc) is 2.54. The number of hydrogen-bond donors (Lipinski definition) is 3. The Morgan fingerprint density at radius 3 is 2.68 bits per heavy atom. The molecular formula is C17H15ClN2O4S. The Bertz CT molecular complexity index is 826. The molecule has 0 saturated heterocycles. The number of thiocarbonyl (C=S) groups is 1. The second kappa shape index (κ2) is 8.46. The molecule has 0 radical (unpaired) electrons. The first-order chi connectivity index (χ1) is 11.8. The van der Waals surface area contributed by atoms with Crippen LogP contribution in [0.2, 0.25) is 5.02 Å². The van der Waals surface area contributed by atoms with Gasteiger partial charge in [0.05, 0.1) is 5.56 Å². The molecule has 0 heterocycles. The molecule has 0 saturated carbocycles. The van der Waals surface area contributed by atoms with E-state index in [4.69, 9.17) is 33.7 Å². The first-order valence-electron chi connectivity index (χ1n) is 7.18. The Morgan fingerprint density at radius 1 is 1.24 bits per heavy atom. The van der Waals surface area contributed by atoms with Crippen molar-refractivity contribution in [2.24, 2.45) is 0 Å². The SMILES string of the molecule is Cc1cc(Cl)ccc1OCC(=O)NC(=S)Nc1cccc(C(=O)O)c1. The van der Waals surface area contributed by atoms with Gasteiger partial charge in [-0.2, -0.15) is 0 Å². The fraction of sp³-hybridized carbons (Fsp3) is 0.118. The number of benzene rings is 2. The van der Waals surface area contributed by atoms with Gasteiger partial charge in [-0.3, -0.25) is 10.1 Å². The van der Waals surface area contributed by atoms with Gasteiger partial charge in [0.2, 0.25) is 0 Å². The van der Waals surface area contributed by atoms with Crippen molar-refractivity contribution >= 4 is 46.5 Å². The number of nitrogens with one attached hydrogen (secondary N) is 2. The molecule has 2 aromatic rings. The van der Waals surface area contributed by atoms with E-state index < -0.39 is 11.9 Å². The molecule has 8 heteroatoms. The van der Waals surface area contributed by atoms with Gasteiger partial charge in [0.1, 0.15) is 5.75 Å². The summed E-state index contributed by atoms with van der Waals surface area (Å²) in [6.45, 7) is 1.60. The molecule has 0 bridgehead atoms. The monoisotopic (exact) mass is 378 g/mol. The molecule has 0 aromatic heterocycles. The lowest BCUT2D eigenvalue weighted by Crippen LogP contribution is -2.37. The highest BCUT2D eigenvalue weighted by molar-refractivity contribution is 7.80. The van der Waals surface area contributed by atoms with E-state index in [1.807, 2.05) is 6.92 Å². The number of carboxylic acids is 1. The Morgan fingerprint density at radius 2 is 2.00 bits per heavy atom. The van der Waals surface area contributed by atoms with Crippen molar-refractivity contribution in [3.63, 3.8) is 0 Å². The number of ether oxygens (including phenoxy) is 1. The van der Waals surface area contributed by atoms with Gasteiger partial charge in [0, 0.05) is 10.7 Å². The third kappa shape index (κ3) is 5.74. The van der Waals surface area contributed by atoms with Crippen molar-refractivity contribution in [2.75, 3.05) is 11.9 Å². The highest BCUT2D eigenvalue weighted by atomic mass is 35.5. The molecule has 3 N–H and O–H groups in total. The molecule has 0 unspecified atom stereocenters. The van der Waals surface area contributed by atoms with Crippen LogP contribution >= 0.6 is 23.8 Å². The number of aromatic carboxylic acids is 1. The molecule has 0 atom stereocenters. The van der Waals surface area contributed by atoms with E-state index in [-0.39, 0.29) is 17.3 Å². The number of anilines is 1. The Hall–Kier alpha value is -2.64. The number of halogens is 1. The van der Waals surface area contributed by atoms with Crippen LogP contribution in [0.1, 0.15) is 15.9 Å². The molecule has 0 spiro atoms. The van der Waals surface area contributed by atoms with Gasteiger partial charge in [-0.1, -0.05) is 17.7 Å². The maximum absolute atomic E-state index is 11.9. The Kier molecular flexibility index (Phi) is 6.32. The molecule has 130 valence electrons. The van der Waals surface area contributed by atoms with Crippen LogP contribution in [-0.2, 0) is 4.79 Å². The van der Waals surface area contributed by atoms with Crippen molar-refractivity contribution in [1.29, 1.82) is 0 Å². The van der Waals surface area contributed by atoms with Gasteiger partial charge in [-0.15, -0.1) is 0 Å². The molecule has 2 aromatic carbocycles. The van der Waals surface area contributed by atoms with E-state index in [0.717, 1.165) is 5.56 Å².